The molecule has 0 saturated heterocycles. The minimum atomic E-state index is -0.446. The summed E-state index contributed by atoms with van der Waals surface area (Å²) < 4.78 is 10.5. The van der Waals surface area contributed by atoms with Gasteiger partial charge in [0.05, 0.1) is 6.54 Å². The molecule has 1 aliphatic carbocycles. The molecule has 0 aromatic heterocycles. The van der Waals surface area contributed by atoms with Crippen LogP contribution in [0.2, 0.25) is 0 Å². The van der Waals surface area contributed by atoms with Gasteiger partial charge in [0.2, 0.25) is 0 Å². The fourth-order valence-electron chi connectivity index (χ4n) is 2.53. The van der Waals surface area contributed by atoms with Crippen LogP contribution in [-0.2, 0) is 14.3 Å². The normalized spacial score (nSPS) is 16.5. The van der Waals surface area contributed by atoms with Crippen molar-refractivity contribution in [1.29, 1.82) is 0 Å². The largest absolute Gasteiger partial charge is 0.460 e. The molecule has 0 bridgehead atoms. The van der Waals surface area contributed by atoms with Crippen molar-refractivity contribution in [2.24, 2.45) is 0 Å². The number of carbonyl (C=O) groups excluding carboxylic acids is 2. The number of esters is 1. The van der Waals surface area contributed by atoms with Gasteiger partial charge < -0.3 is 14.8 Å². The van der Waals surface area contributed by atoms with Crippen molar-refractivity contribution >= 4 is 12.1 Å². The van der Waals surface area contributed by atoms with E-state index in [-0.39, 0.29) is 18.8 Å². The number of rotatable bonds is 7. The average Bonchev–Trinajstić information content (AvgIpc) is 2.83. The number of carbonyl (C=O) groups is 2. The molecule has 0 aromatic rings. The second-order valence-electron chi connectivity index (χ2n) is 5.37. The molecule has 0 atom stereocenters. The smallest absolute Gasteiger partial charge is 0.407 e. The van der Waals surface area contributed by atoms with E-state index in [9.17, 15) is 9.59 Å². The highest BCUT2D eigenvalue weighted by Gasteiger charge is 2.36. The van der Waals surface area contributed by atoms with E-state index in [2.05, 4.69) is 18.8 Å². The molecule has 0 spiro atoms. The maximum absolute atomic E-state index is 11.8. The Morgan fingerprint density at radius 3 is 2.50 bits per heavy atom. The molecule has 5 nitrogen and oxygen atoms in total. The van der Waals surface area contributed by atoms with Gasteiger partial charge in [-0.1, -0.05) is 19.9 Å². The van der Waals surface area contributed by atoms with E-state index in [4.69, 9.17) is 9.47 Å². The Balaban J connectivity index is 2.25. The number of hydrogen-bond acceptors (Lipinski definition) is 4. The predicted molar refractivity (Wildman–Crippen MR) is 76.4 cm³/mol. The Hall–Kier alpha value is -1.52. The summed E-state index contributed by atoms with van der Waals surface area (Å²) in [5, 5.41) is 2.62. The number of alkyl carbamates (subject to hydrolysis) is 1. The summed E-state index contributed by atoms with van der Waals surface area (Å²) >= 11 is 0. The zero-order chi connectivity index (χ0) is 15.0. The maximum Gasteiger partial charge on any atom is 0.407 e. The van der Waals surface area contributed by atoms with Crippen molar-refractivity contribution < 1.29 is 19.1 Å². The summed E-state index contributed by atoms with van der Waals surface area (Å²) in [6.45, 7) is 7.53. The summed E-state index contributed by atoms with van der Waals surface area (Å²) in [6, 6.07) is 0. The van der Waals surface area contributed by atoms with Crippen LogP contribution in [0.15, 0.2) is 12.2 Å². The van der Waals surface area contributed by atoms with Gasteiger partial charge in [-0.2, -0.15) is 0 Å². The molecule has 1 amide bonds. The van der Waals surface area contributed by atoms with Crippen LogP contribution in [0.4, 0.5) is 4.79 Å². The Morgan fingerprint density at radius 1 is 1.30 bits per heavy atom. The molecule has 1 rings (SSSR count). The Morgan fingerprint density at radius 2 is 1.95 bits per heavy atom. The van der Waals surface area contributed by atoms with E-state index in [0.717, 1.165) is 38.5 Å². The van der Waals surface area contributed by atoms with E-state index < -0.39 is 12.1 Å². The zero-order valence-electron chi connectivity index (χ0n) is 12.5. The molecule has 1 saturated carbocycles. The summed E-state index contributed by atoms with van der Waals surface area (Å²) in [4.78, 5) is 22.9. The Bertz CT molecular complexity index is 359. The summed E-state index contributed by atoms with van der Waals surface area (Å²) in [6.07, 6.45) is 5.60. The minimum absolute atomic E-state index is 0.127. The highest BCUT2D eigenvalue weighted by molar-refractivity contribution is 5.86. The van der Waals surface area contributed by atoms with Gasteiger partial charge in [0.1, 0.15) is 12.2 Å². The van der Waals surface area contributed by atoms with Crippen molar-refractivity contribution in [3.8, 4) is 0 Å². The third-order valence-corrected chi connectivity index (χ3v) is 3.48. The number of ether oxygens (including phenoxy) is 2. The van der Waals surface area contributed by atoms with Gasteiger partial charge in [-0.15, -0.1) is 0 Å². The van der Waals surface area contributed by atoms with Crippen molar-refractivity contribution in [2.75, 3.05) is 13.2 Å². The van der Waals surface area contributed by atoms with Gasteiger partial charge in [-0.25, -0.2) is 9.59 Å². The Kier molecular flexibility index (Phi) is 6.55. The molecule has 1 N–H and O–H groups in total. The van der Waals surface area contributed by atoms with Gasteiger partial charge in [0.25, 0.3) is 0 Å². The topological polar surface area (TPSA) is 64.6 Å². The molecule has 0 radical (unpaired) electrons. The molecule has 0 heterocycles. The van der Waals surface area contributed by atoms with Gasteiger partial charge >= 0.3 is 12.1 Å². The lowest BCUT2D eigenvalue weighted by Crippen LogP contribution is -2.38. The molecule has 20 heavy (non-hydrogen) atoms. The van der Waals surface area contributed by atoms with Crippen LogP contribution in [0.1, 0.15) is 52.4 Å². The molecule has 5 heteroatoms. The van der Waals surface area contributed by atoms with Crippen LogP contribution in [0.3, 0.4) is 0 Å². The summed E-state index contributed by atoms with van der Waals surface area (Å²) in [5.74, 6) is -0.446. The van der Waals surface area contributed by atoms with Crippen molar-refractivity contribution in [3.63, 3.8) is 0 Å². The number of amides is 1. The predicted octanol–water partition coefficient (Wildman–Crippen LogP) is 2.94. The highest BCUT2D eigenvalue weighted by atomic mass is 16.6. The second kappa shape index (κ2) is 7.92. The van der Waals surface area contributed by atoms with Crippen molar-refractivity contribution in [3.05, 3.63) is 12.2 Å². The number of hydrogen-bond donors (Lipinski definition) is 1. The first-order valence-corrected chi connectivity index (χ1v) is 7.28. The lowest BCUT2D eigenvalue weighted by molar-refractivity contribution is -0.138. The van der Waals surface area contributed by atoms with E-state index in [1.165, 1.54) is 0 Å². The van der Waals surface area contributed by atoms with Crippen molar-refractivity contribution in [1.82, 2.24) is 5.32 Å². The zero-order valence-corrected chi connectivity index (χ0v) is 12.5. The average molecular weight is 283 g/mol. The third kappa shape index (κ3) is 5.23. The molecule has 1 aliphatic rings. The quantitative estimate of drug-likeness (QED) is 0.443. The Labute approximate surface area is 120 Å². The van der Waals surface area contributed by atoms with Gasteiger partial charge in [0, 0.05) is 5.57 Å². The van der Waals surface area contributed by atoms with Gasteiger partial charge in [-0.3, -0.25) is 0 Å². The highest BCUT2D eigenvalue weighted by Crippen LogP contribution is 2.37. The fraction of sp³-hybridized carbons (Fsp3) is 0.733. The monoisotopic (exact) mass is 283 g/mol. The molecular formula is C15H25NO4. The van der Waals surface area contributed by atoms with E-state index >= 15 is 0 Å². The van der Waals surface area contributed by atoms with Crippen molar-refractivity contribution in [2.45, 2.75) is 58.0 Å². The molecule has 0 aromatic carbocycles. The van der Waals surface area contributed by atoms with Crippen LogP contribution in [0.5, 0.6) is 0 Å². The van der Waals surface area contributed by atoms with Crippen LogP contribution < -0.4 is 5.32 Å². The first-order valence-electron chi connectivity index (χ1n) is 7.28. The van der Waals surface area contributed by atoms with Crippen LogP contribution in [-0.4, -0.2) is 30.8 Å². The first-order chi connectivity index (χ1) is 9.49. The molecule has 0 unspecified atom stereocenters. The lowest BCUT2D eigenvalue weighted by Gasteiger charge is -2.28. The SMILES string of the molecule is C=C(C)C(=O)OCCNC(=O)OC1(CCC)CCCC1. The van der Waals surface area contributed by atoms with E-state index in [1.54, 1.807) is 6.92 Å². The van der Waals surface area contributed by atoms with E-state index in [0.29, 0.717) is 5.57 Å². The maximum atomic E-state index is 11.8. The fourth-order valence-corrected chi connectivity index (χ4v) is 2.53. The van der Waals surface area contributed by atoms with Crippen LogP contribution in [0.25, 0.3) is 0 Å². The van der Waals surface area contributed by atoms with Gasteiger partial charge in [0.15, 0.2) is 0 Å². The molecular weight excluding hydrogens is 258 g/mol. The van der Waals surface area contributed by atoms with Crippen LogP contribution in [0, 0.1) is 0 Å². The second-order valence-corrected chi connectivity index (χ2v) is 5.37. The van der Waals surface area contributed by atoms with E-state index in [1.807, 2.05) is 0 Å². The first kappa shape index (κ1) is 16.5. The standard InChI is InChI=1S/C15H25NO4/c1-4-7-15(8-5-6-9-15)20-14(18)16-10-11-19-13(17)12(2)3/h2,4-11H2,1,3H3,(H,16,18). The van der Waals surface area contributed by atoms with Gasteiger partial charge in [-0.05, 0) is 39.0 Å². The third-order valence-electron chi connectivity index (χ3n) is 3.48. The molecule has 114 valence electrons. The molecule has 0 aliphatic heterocycles. The molecule has 1 fully saturated rings. The summed E-state index contributed by atoms with van der Waals surface area (Å²) in [5.41, 5.74) is 0.0631. The summed E-state index contributed by atoms with van der Waals surface area (Å²) in [7, 11) is 0. The van der Waals surface area contributed by atoms with Crippen LogP contribution >= 0.6 is 0 Å². The lowest BCUT2D eigenvalue weighted by atomic mass is 9.96. The minimum Gasteiger partial charge on any atom is -0.460 e. The number of nitrogens with one attached hydrogen (secondary N) is 1.